The van der Waals surface area contributed by atoms with Crippen LogP contribution in [0.15, 0.2) is 23.6 Å². The summed E-state index contributed by atoms with van der Waals surface area (Å²) in [7, 11) is 0. The minimum absolute atomic E-state index is 0.0492. The van der Waals surface area contributed by atoms with Crippen LogP contribution < -0.4 is 10.5 Å². The average Bonchev–Trinajstić information content (AvgIpc) is 3.39. The van der Waals surface area contributed by atoms with Gasteiger partial charge in [0.15, 0.2) is 0 Å². The summed E-state index contributed by atoms with van der Waals surface area (Å²) in [5.41, 5.74) is 8.60. The fourth-order valence-corrected chi connectivity index (χ4v) is 4.70. The lowest BCUT2D eigenvalue weighted by atomic mass is 10.1. The normalized spacial score (nSPS) is 16.5. The van der Waals surface area contributed by atoms with Gasteiger partial charge in [0.05, 0.1) is 11.6 Å². The van der Waals surface area contributed by atoms with Gasteiger partial charge in [0.1, 0.15) is 11.4 Å². The van der Waals surface area contributed by atoms with Crippen molar-refractivity contribution in [1.29, 1.82) is 0 Å². The van der Waals surface area contributed by atoms with E-state index in [2.05, 4.69) is 17.1 Å². The lowest BCUT2D eigenvalue weighted by Gasteiger charge is -2.28. The van der Waals surface area contributed by atoms with E-state index in [1.165, 1.54) is 35.3 Å². The number of carbonyl (C=O) groups excluding carboxylic acids is 1. The second kappa shape index (κ2) is 7.76. The highest BCUT2D eigenvalue weighted by Gasteiger charge is 2.29. The second-order valence-corrected chi connectivity index (χ2v) is 8.02. The summed E-state index contributed by atoms with van der Waals surface area (Å²) in [5, 5.41) is 2.82. The van der Waals surface area contributed by atoms with Gasteiger partial charge in [0, 0.05) is 30.8 Å². The average molecular weight is 372 g/mol. The zero-order valence-electron chi connectivity index (χ0n) is 14.9. The van der Waals surface area contributed by atoms with Gasteiger partial charge in [-0.2, -0.15) is 0 Å². The first-order valence-electron chi connectivity index (χ1n) is 9.44. The monoisotopic (exact) mass is 371 g/mol. The Balaban J connectivity index is 1.56. The number of amides is 1. The lowest BCUT2D eigenvalue weighted by Crippen LogP contribution is -2.38. The maximum Gasteiger partial charge on any atom is 0.273 e. The third kappa shape index (κ3) is 3.62. The van der Waals surface area contributed by atoms with Crippen LogP contribution >= 0.6 is 11.3 Å². The van der Waals surface area contributed by atoms with Gasteiger partial charge in [-0.15, -0.1) is 11.3 Å². The highest BCUT2D eigenvalue weighted by molar-refractivity contribution is 7.09. The number of nitrogens with two attached hydrogens (primary N) is 1. The fraction of sp³-hybridized carbons (Fsp3) is 0.500. The Kier molecular flexibility index (Phi) is 5.22. The fourth-order valence-electron chi connectivity index (χ4n) is 3.91. The number of thiazole rings is 1. The number of rotatable bonds is 6. The Morgan fingerprint density at radius 3 is 3.00 bits per heavy atom. The summed E-state index contributed by atoms with van der Waals surface area (Å²) < 4.78 is 5.60. The molecule has 0 bridgehead atoms. The van der Waals surface area contributed by atoms with E-state index in [4.69, 9.17) is 10.5 Å². The largest absolute Gasteiger partial charge is 0.493 e. The Morgan fingerprint density at radius 1 is 1.35 bits per heavy atom. The van der Waals surface area contributed by atoms with Crippen molar-refractivity contribution in [2.45, 2.75) is 51.1 Å². The molecule has 2 aliphatic rings. The molecule has 4 rings (SSSR count). The van der Waals surface area contributed by atoms with E-state index in [1.54, 1.807) is 0 Å². The molecule has 138 valence electrons. The summed E-state index contributed by atoms with van der Waals surface area (Å²) in [5.74, 6) is 1.03. The summed E-state index contributed by atoms with van der Waals surface area (Å²) >= 11 is 1.53. The van der Waals surface area contributed by atoms with Gasteiger partial charge >= 0.3 is 0 Å². The number of benzene rings is 1. The van der Waals surface area contributed by atoms with Crippen molar-refractivity contribution in [3.63, 3.8) is 0 Å². The molecule has 0 saturated heterocycles. The van der Waals surface area contributed by atoms with Crippen molar-refractivity contribution in [2.24, 2.45) is 5.73 Å². The molecule has 2 heterocycles. The van der Waals surface area contributed by atoms with Crippen LogP contribution in [-0.2, 0) is 19.4 Å². The molecule has 0 atom stereocenters. The topological polar surface area (TPSA) is 68.5 Å². The number of aromatic nitrogens is 1. The van der Waals surface area contributed by atoms with E-state index < -0.39 is 0 Å². The molecule has 0 unspecified atom stereocenters. The molecule has 5 nitrogen and oxygen atoms in total. The Morgan fingerprint density at radius 2 is 2.19 bits per heavy atom. The zero-order valence-corrected chi connectivity index (χ0v) is 15.8. The molecule has 2 N–H and O–H groups in total. The van der Waals surface area contributed by atoms with Crippen molar-refractivity contribution in [3.8, 4) is 5.75 Å². The van der Waals surface area contributed by atoms with Crippen molar-refractivity contribution < 1.29 is 9.53 Å². The predicted molar refractivity (Wildman–Crippen MR) is 103 cm³/mol. The smallest absolute Gasteiger partial charge is 0.273 e. The van der Waals surface area contributed by atoms with E-state index >= 15 is 0 Å². The SMILES string of the molecule is NCCc1nc(C(=O)N(Cc2ccc3c(c2)CCO3)C2CCCC2)cs1. The summed E-state index contributed by atoms with van der Waals surface area (Å²) in [4.78, 5) is 19.8. The minimum atomic E-state index is 0.0492. The highest BCUT2D eigenvalue weighted by Crippen LogP contribution is 2.30. The van der Waals surface area contributed by atoms with Gasteiger partial charge in [-0.3, -0.25) is 4.79 Å². The Bertz CT molecular complexity index is 783. The zero-order chi connectivity index (χ0) is 17.9. The molecule has 1 aliphatic heterocycles. The van der Waals surface area contributed by atoms with E-state index in [1.807, 2.05) is 16.3 Å². The molecule has 1 aromatic heterocycles. The van der Waals surface area contributed by atoms with Crippen molar-refractivity contribution >= 4 is 17.2 Å². The number of carbonyl (C=O) groups is 1. The predicted octanol–water partition coefficient (Wildman–Crippen LogP) is 3.16. The van der Waals surface area contributed by atoms with E-state index in [0.717, 1.165) is 43.0 Å². The third-order valence-corrected chi connectivity index (χ3v) is 6.17. The highest BCUT2D eigenvalue weighted by atomic mass is 32.1. The summed E-state index contributed by atoms with van der Waals surface area (Å²) in [6.07, 6.45) is 6.24. The molecule has 1 fully saturated rings. The van der Waals surface area contributed by atoms with Crippen molar-refractivity contribution in [1.82, 2.24) is 9.88 Å². The molecule has 1 aromatic carbocycles. The first kappa shape index (κ1) is 17.5. The van der Waals surface area contributed by atoms with Crippen molar-refractivity contribution in [2.75, 3.05) is 13.2 Å². The molecule has 1 amide bonds. The maximum atomic E-state index is 13.2. The number of nitrogens with zero attached hydrogens (tertiary/aromatic N) is 2. The van der Waals surface area contributed by atoms with Gasteiger partial charge in [-0.1, -0.05) is 25.0 Å². The van der Waals surface area contributed by atoms with Crippen LogP contribution in [0.2, 0.25) is 0 Å². The number of hydrogen-bond donors (Lipinski definition) is 1. The quantitative estimate of drug-likeness (QED) is 0.847. The molecule has 6 heteroatoms. The van der Waals surface area contributed by atoms with Crippen LogP contribution in [0.3, 0.4) is 0 Å². The van der Waals surface area contributed by atoms with Crippen LogP contribution in [0, 0.1) is 0 Å². The number of hydrogen-bond acceptors (Lipinski definition) is 5. The molecule has 2 aromatic rings. The summed E-state index contributed by atoms with van der Waals surface area (Å²) in [6.45, 7) is 1.96. The molecule has 0 radical (unpaired) electrons. The maximum absolute atomic E-state index is 13.2. The van der Waals surface area contributed by atoms with Crippen LogP contribution in [0.1, 0.15) is 52.3 Å². The second-order valence-electron chi connectivity index (χ2n) is 7.08. The Labute approximate surface area is 158 Å². The standard InChI is InChI=1S/C20H25N3O2S/c21-9-7-19-22-17(13-26-19)20(24)23(16-3-1-2-4-16)12-14-5-6-18-15(11-14)8-10-25-18/h5-6,11,13,16H,1-4,7-10,12,21H2. The van der Waals surface area contributed by atoms with Crippen LogP contribution in [0.4, 0.5) is 0 Å². The summed E-state index contributed by atoms with van der Waals surface area (Å²) in [6, 6.07) is 6.63. The number of ether oxygens (including phenoxy) is 1. The van der Waals surface area contributed by atoms with Crippen LogP contribution in [-0.4, -0.2) is 35.0 Å². The molecule has 0 spiro atoms. The lowest BCUT2D eigenvalue weighted by molar-refractivity contribution is 0.0659. The molecule has 1 aliphatic carbocycles. The minimum Gasteiger partial charge on any atom is -0.493 e. The Hall–Kier alpha value is -1.92. The van der Waals surface area contributed by atoms with E-state index in [9.17, 15) is 4.79 Å². The first-order chi connectivity index (χ1) is 12.7. The molecular formula is C20H25N3O2S. The van der Waals surface area contributed by atoms with Crippen molar-refractivity contribution in [3.05, 3.63) is 45.4 Å². The molecule has 1 saturated carbocycles. The van der Waals surface area contributed by atoms with Crippen LogP contribution in [0.5, 0.6) is 5.75 Å². The third-order valence-electron chi connectivity index (χ3n) is 5.26. The van der Waals surface area contributed by atoms with Gasteiger partial charge in [0.2, 0.25) is 0 Å². The number of fused-ring (bicyclic) bond motifs is 1. The molecule has 26 heavy (non-hydrogen) atoms. The van der Waals surface area contributed by atoms with Gasteiger partial charge in [0.25, 0.3) is 5.91 Å². The van der Waals surface area contributed by atoms with Gasteiger partial charge in [-0.25, -0.2) is 4.98 Å². The molecular weight excluding hydrogens is 346 g/mol. The first-order valence-corrected chi connectivity index (χ1v) is 10.3. The van der Waals surface area contributed by atoms with Gasteiger partial charge < -0.3 is 15.4 Å². The van der Waals surface area contributed by atoms with E-state index in [-0.39, 0.29) is 5.91 Å². The van der Waals surface area contributed by atoms with Crippen LogP contribution in [0.25, 0.3) is 0 Å². The van der Waals surface area contributed by atoms with Gasteiger partial charge in [-0.05, 0) is 36.6 Å². The van der Waals surface area contributed by atoms with E-state index in [0.29, 0.717) is 24.8 Å².